The fraction of sp³-hybridized carbons (Fsp3) is 0.107. The number of hydrogen-bond acceptors (Lipinski definition) is 4. The van der Waals surface area contributed by atoms with E-state index in [9.17, 15) is 26.4 Å². The zero-order valence-electron chi connectivity index (χ0n) is 20.7. The number of carbonyl (C=O) groups is 1. The third-order valence-electron chi connectivity index (χ3n) is 5.75. The molecule has 0 saturated carbocycles. The van der Waals surface area contributed by atoms with Gasteiger partial charge < -0.3 is 10.1 Å². The van der Waals surface area contributed by atoms with E-state index >= 15 is 0 Å². The second-order valence-corrected chi connectivity index (χ2v) is 11.1. The van der Waals surface area contributed by atoms with Crippen LogP contribution in [0.25, 0.3) is 0 Å². The highest BCUT2D eigenvalue weighted by atomic mass is 35.5. The SMILES string of the molecule is C[C@H](NC(=O)c1cc(Cl)ccc1NS(=O)(=O)c1ccc(Oc2ccccc2Cl)cc1)c1ccccc1C(F)(F)F. The van der Waals surface area contributed by atoms with Gasteiger partial charge in [0.2, 0.25) is 0 Å². The van der Waals surface area contributed by atoms with Crippen molar-refractivity contribution in [3.05, 3.63) is 118 Å². The van der Waals surface area contributed by atoms with Crippen LogP contribution in [0.3, 0.4) is 0 Å². The standard InChI is InChI=1S/C28H21Cl2F3N2O4S/c1-17(21-6-2-3-7-23(21)28(31,32)33)34-27(36)22-16-18(29)10-15-25(22)35-40(37,38)20-13-11-19(12-14-20)39-26-9-5-4-8-24(26)30/h2-17,35H,1H3,(H,34,36)/t17-/m0/s1. The Morgan fingerprint density at radius 3 is 2.23 bits per heavy atom. The molecule has 4 rings (SSSR count). The Labute approximate surface area is 238 Å². The monoisotopic (exact) mass is 608 g/mol. The molecule has 2 N–H and O–H groups in total. The third-order valence-corrected chi connectivity index (χ3v) is 7.68. The average molecular weight is 609 g/mol. The molecule has 0 saturated heterocycles. The quantitative estimate of drug-likeness (QED) is 0.212. The maximum absolute atomic E-state index is 13.5. The summed E-state index contributed by atoms with van der Waals surface area (Å²) in [4.78, 5) is 13.0. The van der Waals surface area contributed by atoms with Gasteiger partial charge in [-0.1, -0.05) is 53.5 Å². The van der Waals surface area contributed by atoms with Gasteiger partial charge in [0.05, 0.1) is 32.8 Å². The number of benzene rings is 4. The van der Waals surface area contributed by atoms with Gasteiger partial charge in [-0.25, -0.2) is 8.42 Å². The van der Waals surface area contributed by atoms with Crippen LogP contribution in [-0.4, -0.2) is 14.3 Å². The summed E-state index contributed by atoms with van der Waals surface area (Å²) in [7, 11) is -4.19. The van der Waals surface area contributed by atoms with Gasteiger partial charge in [-0.15, -0.1) is 0 Å². The molecule has 4 aromatic carbocycles. The number of carbonyl (C=O) groups excluding carboxylic acids is 1. The van der Waals surface area contributed by atoms with Gasteiger partial charge in [0, 0.05) is 5.02 Å². The van der Waals surface area contributed by atoms with E-state index in [2.05, 4.69) is 10.0 Å². The molecule has 0 heterocycles. The number of para-hydroxylation sites is 1. The summed E-state index contributed by atoms with van der Waals surface area (Å²) in [5, 5.41) is 3.00. The van der Waals surface area contributed by atoms with E-state index in [-0.39, 0.29) is 26.7 Å². The molecule has 0 aromatic heterocycles. The van der Waals surface area contributed by atoms with Gasteiger partial charge in [-0.2, -0.15) is 13.2 Å². The van der Waals surface area contributed by atoms with E-state index in [0.29, 0.717) is 16.5 Å². The molecule has 0 aliphatic rings. The summed E-state index contributed by atoms with van der Waals surface area (Å²) >= 11 is 12.1. The Hall–Kier alpha value is -3.73. The minimum Gasteiger partial charge on any atom is -0.456 e. The molecule has 0 fully saturated rings. The molecule has 1 amide bonds. The number of anilines is 1. The van der Waals surface area contributed by atoms with E-state index in [1.54, 1.807) is 24.3 Å². The first-order valence-corrected chi connectivity index (χ1v) is 13.9. The number of nitrogens with one attached hydrogen (secondary N) is 2. The predicted octanol–water partition coefficient (Wildman–Crippen LogP) is 8.10. The molecule has 6 nitrogen and oxygen atoms in total. The smallest absolute Gasteiger partial charge is 0.416 e. The molecule has 208 valence electrons. The average Bonchev–Trinajstić information content (AvgIpc) is 2.90. The molecule has 0 unspecified atom stereocenters. The van der Waals surface area contributed by atoms with E-state index in [4.69, 9.17) is 27.9 Å². The van der Waals surface area contributed by atoms with Crippen LogP contribution in [0.2, 0.25) is 10.0 Å². The highest BCUT2D eigenvalue weighted by Crippen LogP contribution is 2.35. The number of ether oxygens (including phenoxy) is 1. The topological polar surface area (TPSA) is 84.5 Å². The molecular weight excluding hydrogens is 588 g/mol. The van der Waals surface area contributed by atoms with Crippen molar-refractivity contribution >= 4 is 44.8 Å². The minimum atomic E-state index is -4.62. The molecule has 0 bridgehead atoms. The summed E-state index contributed by atoms with van der Waals surface area (Å²) in [5.74, 6) is -0.0956. The maximum atomic E-state index is 13.5. The van der Waals surface area contributed by atoms with Crippen LogP contribution in [0.4, 0.5) is 18.9 Å². The van der Waals surface area contributed by atoms with Crippen LogP contribution in [-0.2, 0) is 16.2 Å². The molecule has 40 heavy (non-hydrogen) atoms. The third kappa shape index (κ3) is 6.88. The molecule has 1 atom stereocenters. The van der Waals surface area contributed by atoms with Gasteiger partial charge in [-0.3, -0.25) is 9.52 Å². The van der Waals surface area contributed by atoms with Crippen LogP contribution in [0.15, 0.2) is 95.9 Å². The minimum absolute atomic E-state index is 0.116. The van der Waals surface area contributed by atoms with Crippen molar-refractivity contribution in [1.29, 1.82) is 0 Å². The zero-order chi connectivity index (χ0) is 29.1. The number of hydrogen-bond donors (Lipinski definition) is 2. The van der Waals surface area contributed by atoms with E-state index in [1.807, 2.05) is 0 Å². The van der Waals surface area contributed by atoms with Crippen LogP contribution in [0, 0.1) is 0 Å². The molecule has 0 radical (unpaired) electrons. The Morgan fingerprint density at radius 2 is 1.55 bits per heavy atom. The van der Waals surface area contributed by atoms with Gasteiger partial charge in [0.15, 0.2) is 0 Å². The lowest BCUT2D eigenvalue weighted by Gasteiger charge is -2.20. The van der Waals surface area contributed by atoms with Gasteiger partial charge >= 0.3 is 6.18 Å². The number of rotatable bonds is 8. The van der Waals surface area contributed by atoms with Gasteiger partial charge in [0.1, 0.15) is 11.5 Å². The highest BCUT2D eigenvalue weighted by Gasteiger charge is 2.34. The van der Waals surface area contributed by atoms with Crippen molar-refractivity contribution in [3.63, 3.8) is 0 Å². The lowest BCUT2D eigenvalue weighted by Crippen LogP contribution is -2.29. The summed E-state index contributed by atoms with van der Waals surface area (Å²) in [6.45, 7) is 1.39. The first kappa shape index (κ1) is 29.3. The van der Waals surface area contributed by atoms with Crippen LogP contribution in [0.1, 0.15) is 34.5 Å². The fourth-order valence-corrected chi connectivity index (χ4v) is 5.25. The van der Waals surface area contributed by atoms with Crippen molar-refractivity contribution < 1.29 is 31.1 Å². The molecule has 12 heteroatoms. The largest absolute Gasteiger partial charge is 0.456 e. The highest BCUT2D eigenvalue weighted by molar-refractivity contribution is 7.92. The lowest BCUT2D eigenvalue weighted by atomic mass is 10.0. The molecular formula is C28H21Cl2F3N2O4S. The molecule has 0 aliphatic carbocycles. The first-order valence-electron chi connectivity index (χ1n) is 11.7. The Morgan fingerprint density at radius 1 is 0.900 bits per heavy atom. The lowest BCUT2D eigenvalue weighted by molar-refractivity contribution is -0.138. The van der Waals surface area contributed by atoms with Crippen molar-refractivity contribution in [1.82, 2.24) is 5.32 Å². The van der Waals surface area contributed by atoms with Crippen LogP contribution < -0.4 is 14.8 Å². The van der Waals surface area contributed by atoms with Crippen molar-refractivity contribution in [3.8, 4) is 11.5 Å². The Bertz CT molecular complexity index is 1650. The van der Waals surface area contributed by atoms with Gasteiger partial charge in [0.25, 0.3) is 15.9 Å². The van der Waals surface area contributed by atoms with Crippen molar-refractivity contribution in [2.24, 2.45) is 0 Å². The molecule has 0 spiro atoms. The van der Waals surface area contributed by atoms with E-state index in [0.717, 1.165) is 6.07 Å². The van der Waals surface area contributed by atoms with Crippen LogP contribution >= 0.6 is 23.2 Å². The number of amides is 1. The number of alkyl halides is 3. The second-order valence-electron chi connectivity index (χ2n) is 8.58. The second kappa shape index (κ2) is 11.8. The summed E-state index contributed by atoms with van der Waals surface area (Å²) in [6, 6.07) is 20.0. The summed E-state index contributed by atoms with van der Waals surface area (Å²) in [6.07, 6.45) is -4.62. The normalized spacial score (nSPS) is 12.4. The Balaban J connectivity index is 1.55. The molecule has 4 aromatic rings. The summed E-state index contributed by atoms with van der Waals surface area (Å²) < 4.78 is 74.7. The maximum Gasteiger partial charge on any atom is 0.416 e. The number of sulfonamides is 1. The molecule has 0 aliphatic heterocycles. The zero-order valence-corrected chi connectivity index (χ0v) is 23.0. The van der Waals surface area contributed by atoms with Crippen molar-refractivity contribution in [2.45, 2.75) is 24.0 Å². The first-order chi connectivity index (χ1) is 18.8. The summed E-state index contributed by atoms with van der Waals surface area (Å²) in [5.41, 5.74) is -1.33. The fourth-order valence-electron chi connectivity index (χ4n) is 3.82. The number of halogens is 5. The van der Waals surface area contributed by atoms with E-state index < -0.39 is 33.7 Å². The van der Waals surface area contributed by atoms with Crippen LogP contribution in [0.5, 0.6) is 11.5 Å². The van der Waals surface area contributed by atoms with E-state index in [1.165, 1.54) is 67.6 Å². The predicted molar refractivity (Wildman–Crippen MR) is 148 cm³/mol. The van der Waals surface area contributed by atoms with Crippen molar-refractivity contribution in [2.75, 3.05) is 4.72 Å². The van der Waals surface area contributed by atoms with Gasteiger partial charge in [-0.05, 0) is 73.2 Å². The Kier molecular flexibility index (Phi) is 8.62.